The maximum atomic E-state index is 4.55. The summed E-state index contributed by atoms with van der Waals surface area (Å²) in [5.41, 5.74) is 2.72. The summed E-state index contributed by atoms with van der Waals surface area (Å²) < 4.78 is 1.09. The molecule has 1 aromatic heterocycles. The van der Waals surface area contributed by atoms with Crippen LogP contribution in [-0.2, 0) is 6.42 Å². The number of halogens is 1. The van der Waals surface area contributed by atoms with Gasteiger partial charge in [-0.2, -0.15) is 0 Å². The van der Waals surface area contributed by atoms with E-state index in [0.717, 1.165) is 29.3 Å². The Kier molecular flexibility index (Phi) is 4.59. The van der Waals surface area contributed by atoms with Gasteiger partial charge >= 0.3 is 0 Å². The van der Waals surface area contributed by atoms with E-state index in [0.29, 0.717) is 0 Å². The van der Waals surface area contributed by atoms with Gasteiger partial charge in [0, 0.05) is 23.8 Å². The van der Waals surface area contributed by atoms with E-state index < -0.39 is 0 Å². The first kappa shape index (κ1) is 14.6. The standard InChI is InChI=1S/C18H21BrN2/c1-14-11-18(20-13-17(14)19)21-9-7-16(8-10-21)12-15-5-3-2-4-6-15/h2-6,11,13,16H,7-10,12H2,1H3. The lowest BCUT2D eigenvalue weighted by atomic mass is 9.90. The van der Waals surface area contributed by atoms with Gasteiger partial charge < -0.3 is 4.90 Å². The Morgan fingerprint density at radius 3 is 2.57 bits per heavy atom. The van der Waals surface area contributed by atoms with E-state index in [1.807, 2.05) is 6.20 Å². The SMILES string of the molecule is Cc1cc(N2CCC(Cc3ccccc3)CC2)ncc1Br. The van der Waals surface area contributed by atoms with Crippen molar-refractivity contribution in [2.24, 2.45) is 5.92 Å². The van der Waals surface area contributed by atoms with Crippen molar-refractivity contribution < 1.29 is 0 Å². The highest BCUT2D eigenvalue weighted by molar-refractivity contribution is 9.10. The number of aryl methyl sites for hydroxylation is 1. The van der Waals surface area contributed by atoms with Gasteiger partial charge in [-0.05, 0) is 65.2 Å². The van der Waals surface area contributed by atoms with Crippen molar-refractivity contribution in [3.63, 3.8) is 0 Å². The molecule has 1 saturated heterocycles. The maximum absolute atomic E-state index is 4.55. The van der Waals surface area contributed by atoms with Crippen LogP contribution in [0.15, 0.2) is 47.1 Å². The summed E-state index contributed by atoms with van der Waals surface area (Å²) in [6, 6.07) is 13.0. The van der Waals surface area contributed by atoms with Gasteiger partial charge in [0.05, 0.1) is 0 Å². The van der Waals surface area contributed by atoms with Crippen LogP contribution in [0.25, 0.3) is 0 Å². The molecule has 0 N–H and O–H groups in total. The van der Waals surface area contributed by atoms with Crippen LogP contribution < -0.4 is 4.90 Å². The second-order valence-electron chi connectivity index (χ2n) is 5.91. The molecule has 1 aromatic carbocycles. The average molecular weight is 345 g/mol. The van der Waals surface area contributed by atoms with Crippen LogP contribution in [0, 0.1) is 12.8 Å². The Morgan fingerprint density at radius 2 is 1.90 bits per heavy atom. The molecule has 1 aliphatic heterocycles. The van der Waals surface area contributed by atoms with Crippen LogP contribution in [-0.4, -0.2) is 18.1 Å². The molecular weight excluding hydrogens is 324 g/mol. The maximum Gasteiger partial charge on any atom is 0.128 e. The van der Waals surface area contributed by atoms with Crippen molar-refractivity contribution in [1.82, 2.24) is 4.98 Å². The van der Waals surface area contributed by atoms with Crippen LogP contribution in [0.4, 0.5) is 5.82 Å². The zero-order valence-corrected chi connectivity index (χ0v) is 14.0. The highest BCUT2D eigenvalue weighted by atomic mass is 79.9. The largest absolute Gasteiger partial charge is 0.357 e. The van der Waals surface area contributed by atoms with Crippen molar-refractivity contribution in [3.05, 3.63) is 58.2 Å². The zero-order chi connectivity index (χ0) is 14.7. The van der Waals surface area contributed by atoms with E-state index >= 15 is 0 Å². The number of nitrogens with zero attached hydrogens (tertiary/aromatic N) is 2. The van der Waals surface area contributed by atoms with E-state index in [-0.39, 0.29) is 0 Å². The number of anilines is 1. The molecule has 0 atom stereocenters. The van der Waals surface area contributed by atoms with E-state index in [4.69, 9.17) is 0 Å². The van der Waals surface area contributed by atoms with E-state index in [1.54, 1.807) is 0 Å². The average Bonchev–Trinajstić information content (AvgIpc) is 2.52. The van der Waals surface area contributed by atoms with Gasteiger partial charge in [0.15, 0.2) is 0 Å². The predicted octanol–water partition coefficient (Wildman–Crippen LogP) is 4.61. The summed E-state index contributed by atoms with van der Waals surface area (Å²) in [5, 5.41) is 0. The number of aromatic nitrogens is 1. The van der Waals surface area contributed by atoms with Crippen LogP contribution in [0.5, 0.6) is 0 Å². The Bertz CT molecular complexity index is 589. The molecule has 2 aromatic rings. The van der Waals surface area contributed by atoms with Crippen LogP contribution in [0.3, 0.4) is 0 Å². The number of benzene rings is 1. The van der Waals surface area contributed by atoms with Crippen molar-refractivity contribution in [2.75, 3.05) is 18.0 Å². The minimum absolute atomic E-state index is 0.806. The van der Waals surface area contributed by atoms with Gasteiger partial charge in [-0.25, -0.2) is 4.98 Å². The second-order valence-corrected chi connectivity index (χ2v) is 6.77. The molecule has 2 heterocycles. The summed E-state index contributed by atoms with van der Waals surface area (Å²) in [6.45, 7) is 4.36. The lowest BCUT2D eigenvalue weighted by Gasteiger charge is -2.33. The van der Waals surface area contributed by atoms with Crippen molar-refractivity contribution in [2.45, 2.75) is 26.2 Å². The number of rotatable bonds is 3. The molecule has 0 radical (unpaired) electrons. The monoisotopic (exact) mass is 344 g/mol. The third-order valence-corrected chi connectivity index (χ3v) is 5.17. The van der Waals surface area contributed by atoms with Crippen molar-refractivity contribution >= 4 is 21.7 Å². The summed E-state index contributed by atoms with van der Waals surface area (Å²) in [4.78, 5) is 6.97. The highest BCUT2D eigenvalue weighted by Crippen LogP contribution is 2.26. The molecule has 1 aliphatic rings. The Labute approximate surface area is 135 Å². The quantitative estimate of drug-likeness (QED) is 0.807. The summed E-state index contributed by atoms with van der Waals surface area (Å²) in [5.74, 6) is 1.93. The van der Waals surface area contributed by atoms with E-state index in [9.17, 15) is 0 Å². The van der Waals surface area contributed by atoms with E-state index in [2.05, 4.69) is 69.1 Å². The molecule has 21 heavy (non-hydrogen) atoms. The van der Waals surface area contributed by atoms with Crippen molar-refractivity contribution in [3.8, 4) is 0 Å². The normalized spacial score (nSPS) is 16.2. The number of hydrogen-bond acceptors (Lipinski definition) is 2. The molecule has 110 valence electrons. The zero-order valence-electron chi connectivity index (χ0n) is 12.4. The fourth-order valence-corrected chi connectivity index (χ4v) is 3.23. The first-order valence-electron chi connectivity index (χ1n) is 7.63. The van der Waals surface area contributed by atoms with Gasteiger partial charge in [-0.15, -0.1) is 0 Å². The fourth-order valence-electron chi connectivity index (χ4n) is 3.01. The van der Waals surface area contributed by atoms with Gasteiger partial charge in [0.25, 0.3) is 0 Å². The molecule has 3 heteroatoms. The minimum Gasteiger partial charge on any atom is -0.357 e. The van der Waals surface area contributed by atoms with Crippen molar-refractivity contribution in [1.29, 1.82) is 0 Å². The topological polar surface area (TPSA) is 16.1 Å². The molecule has 0 amide bonds. The van der Waals surface area contributed by atoms with Crippen LogP contribution in [0.1, 0.15) is 24.0 Å². The molecule has 0 spiro atoms. The summed E-state index contributed by atoms with van der Waals surface area (Å²) >= 11 is 3.52. The minimum atomic E-state index is 0.806. The van der Waals surface area contributed by atoms with Gasteiger partial charge in [-0.1, -0.05) is 30.3 Å². The molecule has 0 unspecified atom stereocenters. The molecule has 0 saturated carbocycles. The van der Waals surface area contributed by atoms with E-state index in [1.165, 1.54) is 30.4 Å². The summed E-state index contributed by atoms with van der Waals surface area (Å²) in [6.07, 6.45) is 5.64. The second kappa shape index (κ2) is 6.61. The first-order chi connectivity index (χ1) is 10.2. The van der Waals surface area contributed by atoms with Gasteiger partial charge in [0.1, 0.15) is 5.82 Å². The highest BCUT2D eigenvalue weighted by Gasteiger charge is 2.20. The number of hydrogen-bond donors (Lipinski definition) is 0. The summed E-state index contributed by atoms with van der Waals surface area (Å²) in [7, 11) is 0. The predicted molar refractivity (Wildman–Crippen MR) is 91.8 cm³/mol. The Balaban J connectivity index is 1.58. The third kappa shape index (κ3) is 3.65. The third-order valence-electron chi connectivity index (χ3n) is 4.34. The smallest absolute Gasteiger partial charge is 0.128 e. The molecule has 1 fully saturated rings. The Hall–Kier alpha value is -1.35. The lowest BCUT2D eigenvalue weighted by Crippen LogP contribution is -2.34. The first-order valence-corrected chi connectivity index (χ1v) is 8.42. The molecular formula is C18H21BrN2. The van der Waals surface area contributed by atoms with Crippen LogP contribution >= 0.6 is 15.9 Å². The Morgan fingerprint density at radius 1 is 1.19 bits per heavy atom. The fraction of sp³-hybridized carbons (Fsp3) is 0.389. The molecule has 0 aliphatic carbocycles. The number of pyridine rings is 1. The lowest BCUT2D eigenvalue weighted by molar-refractivity contribution is 0.402. The van der Waals surface area contributed by atoms with Gasteiger partial charge in [0.2, 0.25) is 0 Å². The molecule has 0 bridgehead atoms. The van der Waals surface area contributed by atoms with Crippen LogP contribution in [0.2, 0.25) is 0 Å². The number of piperidine rings is 1. The molecule has 2 nitrogen and oxygen atoms in total. The van der Waals surface area contributed by atoms with Gasteiger partial charge in [-0.3, -0.25) is 0 Å². The molecule has 3 rings (SSSR count).